The normalized spacial score (nSPS) is 14.2. The molecule has 1 aliphatic rings. The van der Waals surface area contributed by atoms with E-state index in [4.69, 9.17) is 10.00 Å². The molecule has 0 unspecified atom stereocenters. The third-order valence-electron chi connectivity index (χ3n) is 3.09. The van der Waals surface area contributed by atoms with Crippen LogP contribution in [0.1, 0.15) is 30.1 Å². The van der Waals surface area contributed by atoms with Crippen molar-refractivity contribution in [1.82, 2.24) is 15.0 Å². The number of ether oxygens (including phenoxy) is 1. The first-order valence-corrected chi connectivity index (χ1v) is 5.84. The highest BCUT2D eigenvalue weighted by molar-refractivity contribution is 5.48. The van der Waals surface area contributed by atoms with E-state index in [1.807, 2.05) is 24.3 Å². The molecule has 18 heavy (non-hydrogen) atoms. The third kappa shape index (κ3) is 1.63. The molecule has 5 nitrogen and oxygen atoms in total. The van der Waals surface area contributed by atoms with Gasteiger partial charge in [-0.1, -0.05) is 17.3 Å². The first kappa shape index (κ1) is 10.8. The summed E-state index contributed by atoms with van der Waals surface area (Å²) in [5, 5.41) is 17.1. The van der Waals surface area contributed by atoms with E-state index in [2.05, 4.69) is 16.4 Å². The minimum absolute atomic E-state index is 0.402. The van der Waals surface area contributed by atoms with Crippen molar-refractivity contribution < 1.29 is 4.74 Å². The Balaban J connectivity index is 2.17. The first-order valence-electron chi connectivity index (χ1n) is 5.84. The lowest BCUT2D eigenvalue weighted by atomic mass is 10.2. The monoisotopic (exact) mass is 240 g/mol. The summed E-state index contributed by atoms with van der Waals surface area (Å²) in [5.41, 5.74) is 2.15. The smallest absolute Gasteiger partial charge is 0.186 e. The zero-order chi connectivity index (χ0) is 12.5. The van der Waals surface area contributed by atoms with Crippen molar-refractivity contribution in [2.75, 3.05) is 7.11 Å². The topological polar surface area (TPSA) is 63.7 Å². The lowest BCUT2D eigenvalue weighted by molar-refractivity contribution is 0.411. The summed E-state index contributed by atoms with van der Waals surface area (Å²) in [6.45, 7) is 0. The summed E-state index contributed by atoms with van der Waals surface area (Å²) in [7, 11) is 1.62. The first-order chi connectivity index (χ1) is 8.85. The maximum absolute atomic E-state index is 9.08. The lowest BCUT2D eigenvalue weighted by Crippen LogP contribution is -2.04. The number of benzene rings is 1. The van der Waals surface area contributed by atoms with E-state index in [0.29, 0.717) is 11.6 Å². The van der Waals surface area contributed by atoms with E-state index in [1.54, 1.807) is 11.8 Å². The van der Waals surface area contributed by atoms with Crippen LogP contribution in [0.4, 0.5) is 0 Å². The van der Waals surface area contributed by atoms with Crippen molar-refractivity contribution in [1.29, 1.82) is 5.26 Å². The highest BCUT2D eigenvalue weighted by Gasteiger charge is 2.32. The second-order valence-electron chi connectivity index (χ2n) is 4.29. The van der Waals surface area contributed by atoms with Gasteiger partial charge in [0.05, 0.1) is 12.8 Å². The summed E-state index contributed by atoms with van der Waals surface area (Å²) in [6.07, 6.45) is 2.19. The van der Waals surface area contributed by atoms with Gasteiger partial charge in [-0.15, -0.1) is 5.10 Å². The Morgan fingerprint density at radius 3 is 2.83 bits per heavy atom. The second kappa shape index (κ2) is 4.15. The fraction of sp³-hybridized carbons (Fsp3) is 0.308. The number of hydrogen-bond donors (Lipinski definition) is 0. The standard InChI is InChI=1S/C13H12N4O/c1-18-12-5-3-2-4-11(12)17-13(9-6-7-9)10(8-14)15-16-17/h2-5,9H,6-7H2,1H3. The zero-order valence-corrected chi connectivity index (χ0v) is 10.00. The quantitative estimate of drug-likeness (QED) is 0.823. The summed E-state index contributed by atoms with van der Waals surface area (Å²) >= 11 is 0. The van der Waals surface area contributed by atoms with Gasteiger partial charge in [-0.05, 0) is 25.0 Å². The van der Waals surface area contributed by atoms with Crippen molar-refractivity contribution in [2.24, 2.45) is 0 Å². The predicted octanol–water partition coefficient (Wildman–Crippen LogP) is 2.02. The Morgan fingerprint density at radius 1 is 1.39 bits per heavy atom. The fourth-order valence-corrected chi connectivity index (χ4v) is 2.07. The van der Waals surface area contributed by atoms with Gasteiger partial charge >= 0.3 is 0 Å². The van der Waals surface area contributed by atoms with E-state index >= 15 is 0 Å². The summed E-state index contributed by atoms with van der Waals surface area (Å²) in [4.78, 5) is 0. The molecule has 0 saturated heterocycles. The molecule has 1 fully saturated rings. The highest BCUT2D eigenvalue weighted by atomic mass is 16.5. The van der Waals surface area contributed by atoms with Crippen LogP contribution in [0.15, 0.2) is 24.3 Å². The van der Waals surface area contributed by atoms with Crippen LogP contribution in [-0.4, -0.2) is 22.1 Å². The molecule has 0 aliphatic heterocycles. The van der Waals surface area contributed by atoms with Crippen LogP contribution in [0, 0.1) is 11.3 Å². The highest BCUT2D eigenvalue weighted by Crippen LogP contribution is 2.42. The number of nitriles is 1. The Kier molecular flexibility index (Phi) is 2.49. The largest absolute Gasteiger partial charge is 0.494 e. The van der Waals surface area contributed by atoms with E-state index < -0.39 is 0 Å². The number of rotatable bonds is 3. The molecular weight excluding hydrogens is 228 g/mol. The van der Waals surface area contributed by atoms with Crippen molar-refractivity contribution in [3.8, 4) is 17.5 Å². The Labute approximate surface area is 105 Å². The number of nitrogens with zero attached hydrogens (tertiary/aromatic N) is 4. The van der Waals surface area contributed by atoms with Gasteiger partial charge in [-0.25, -0.2) is 4.68 Å². The van der Waals surface area contributed by atoms with E-state index in [-0.39, 0.29) is 0 Å². The van der Waals surface area contributed by atoms with Gasteiger partial charge < -0.3 is 4.74 Å². The minimum Gasteiger partial charge on any atom is -0.494 e. The Hall–Kier alpha value is -2.35. The van der Waals surface area contributed by atoms with Gasteiger partial charge in [-0.2, -0.15) is 5.26 Å². The van der Waals surface area contributed by atoms with Crippen LogP contribution in [0.3, 0.4) is 0 Å². The molecule has 3 rings (SSSR count). The fourth-order valence-electron chi connectivity index (χ4n) is 2.07. The lowest BCUT2D eigenvalue weighted by Gasteiger charge is -2.09. The molecule has 5 heteroatoms. The molecule has 0 radical (unpaired) electrons. The second-order valence-corrected chi connectivity index (χ2v) is 4.29. The molecule has 2 aromatic rings. The molecule has 0 N–H and O–H groups in total. The Morgan fingerprint density at radius 2 is 2.17 bits per heavy atom. The van der Waals surface area contributed by atoms with Crippen molar-refractivity contribution in [3.63, 3.8) is 0 Å². The van der Waals surface area contributed by atoms with Gasteiger partial charge in [0.15, 0.2) is 5.69 Å². The average molecular weight is 240 g/mol. The van der Waals surface area contributed by atoms with E-state index in [9.17, 15) is 0 Å². The van der Waals surface area contributed by atoms with Crippen LogP contribution in [0.25, 0.3) is 5.69 Å². The minimum atomic E-state index is 0.402. The molecule has 1 aromatic heterocycles. The average Bonchev–Trinajstić information content (AvgIpc) is 3.17. The van der Waals surface area contributed by atoms with Crippen molar-refractivity contribution in [3.05, 3.63) is 35.7 Å². The van der Waals surface area contributed by atoms with Crippen molar-refractivity contribution in [2.45, 2.75) is 18.8 Å². The van der Waals surface area contributed by atoms with Crippen LogP contribution in [0.5, 0.6) is 5.75 Å². The molecule has 1 saturated carbocycles. The number of para-hydroxylation sites is 2. The molecule has 0 spiro atoms. The van der Waals surface area contributed by atoms with Crippen LogP contribution in [-0.2, 0) is 0 Å². The zero-order valence-electron chi connectivity index (χ0n) is 10.00. The molecule has 0 amide bonds. The SMILES string of the molecule is COc1ccccc1-n1nnc(C#N)c1C1CC1. The van der Waals surface area contributed by atoms with Crippen molar-refractivity contribution >= 4 is 0 Å². The van der Waals surface area contributed by atoms with Gasteiger partial charge in [-0.3, -0.25) is 0 Å². The van der Waals surface area contributed by atoms with E-state index in [1.165, 1.54) is 0 Å². The number of hydrogen-bond acceptors (Lipinski definition) is 4. The number of aromatic nitrogens is 3. The maximum Gasteiger partial charge on any atom is 0.186 e. The molecule has 1 heterocycles. The summed E-state index contributed by atoms with van der Waals surface area (Å²) in [5.74, 6) is 1.13. The van der Waals surface area contributed by atoms with Crippen LogP contribution >= 0.6 is 0 Å². The molecular formula is C13H12N4O. The van der Waals surface area contributed by atoms with Gasteiger partial charge in [0.2, 0.25) is 0 Å². The van der Waals surface area contributed by atoms with Gasteiger partial charge in [0, 0.05) is 5.92 Å². The molecule has 0 bridgehead atoms. The summed E-state index contributed by atoms with van der Waals surface area (Å²) in [6, 6.07) is 9.72. The predicted molar refractivity (Wildman–Crippen MR) is 64.6 cm³/mol. The molecule has 1 aliphatic carbocycles. The maximum atomic E-state index is 9.08. The van der Waals surface area contributed by atoms with Gasteiger partial charge in [0.1, 0.15) is 17.5 Å². The Bertz CT molecular complexity index is 622. The van der Waals surface area contributed by atoms with Gasteiger partial charge in [0.25, 0.3) is 0 Å². The molecule has 0 atom stereocenters. The number of methoxy groups -OCH3 is 1. The van der Waals surface area contributed by atoms with Crippen LogP contribution in [0.2, 0.25) is 0 Å². The van der Waals surface area contributed by atoms with Crippen LogP contribution < -0.4 is 4.74 Å². The molecule has 90 valence electrons. The molecule has 1 aromatic carbocycles. The summed E-state index contributed by atoms with van der Waals surface area (Å²) < 4.78 is 7.06. The van der Waals surface area contributed by atoms with E-state index in [0.717, 1.165) is 30.0 Å². The third-order valence-corrected chi connectivity index (χ3v) is 3.09.